The highest BCUT2D eigenvalue weighted by atomic mass is 28.4. The minimum Gasteiger partial charge on any atom is -0.542 e. The number of benzene rings is 1. The first-order chi connectivity index (χ1) is 6.96. The summed E-state index contributed by atoms with van der Waals surface area (Å²) in [5.41, 5.74) is 0.809. The molecule has 0 unspecified atom stereocenters. The Morgan fingerprint density at radius 3 is 2.33 bits per heavy atom. The molecule has 0 radical (unpaired) electrons. The first-order valence-corrected chi connectivity index (χ1v) is 8.21. The molecule has 1 aromatic carbocycles. The molecule has 0 aliphatic rings. The van der Waals surface area contributed by atoms with Crippen molar-refractivity contribution in [3.05, 3.63) is 23.8 Å². The summed E-state index contributed by atoms with van der Waals surface area (Å²) in [6.07, 6.45) is 5.34. The lowest BCUT2D eigenvalue weighted by Crippen LogP contribution is -2.29. The van der Waals surface area contributed by atoms with Crippen molar-refractivity contribution in [3.63, 3.8) is 0 Å². The average Bonchev–Trinajstić information content (AvgIpc) is 2.15. The smallest absolute Gasteiger partial charge is 0.242 e. The molecule has 0 saturated carbocycles. The van der Waals surface area contributed by atoms with Gasteiger partial charge in [-0.2, -0.15) is 0 Å². The molecule has 0 aliphatic heterocycles. The topological polar surface area (TPSA) is 18.5 Å². The van der Waals surface area contributed by atoms with E-state index in [4.69, 9.17) is 15.6 Å². The summed E-state index contributed by atoms with van der Waals surface area (Å²) in [4.78, 5) is 0. The summed E-state index contributed by atoms with van der Waals surface area (Å²) in [5.74, 6) is 4.06. The summed E-state index contributed by atoms with van der Waals surface area (Å²) in [5, 5.41) is 0. The van der Waals surface area contributed by atoms with Crippen LogP contribution in [0.5, 0.6) is 11.5 Å². The standard InChI is InChI=1S/C12H16O2Si/c1-6-10-7-8-11(13-2)12(9-10)14-15(3,4)5/h1,7-9H,2-5H3. The van der Waals surface area contributed by atoms with Gasteiger partial charge in [0.2, 0.25) is 8.32 Å². The molecule has 1 aromatic rings. The number of rotatable bonds is 3. The fourth-order valence-corrected chi connectivity index (χ4v) is 2.00. The van der Waals surface area contributed by atoms with Crippen molar-refractivity contribution in [3.8, 4) is 23.8 Å². The second kappa shape index (κ2) is 4.41. The van der Waals surface area contributed by atoms with Crippen LogP contribution in [0.25, 0.3) is 0 Å². The van der Waals surface area contributed by atoms with Crippen LogP contribution in [0.2, 0.25) is 19.6 Å². The first kappa shape index (κ1) is 11.7. The van der Waals surface area contributed by atoms with Gasteiger partial charge in [-0.05, 0) is 37.8 Å². The van der Waals surface area contributed by atoms with E-state index in [1.165, 1.54) is 0 Å². The third-order valence-corrected chi connectivity index (χ3v) is 2.58. The van der Waals surface area contributed by atoms with Crippen LogP contribution in [0.3, 0.4) is 0 Å². The van der Waals surface area contributed by atoms with E-state index in [1.54, 1.807) is 7.11 Å². The lowest BCUT2D eigenvalue weighted by Gasteiger charge is -2.21. The maximum Gasteiger partial charge on any atom is 0.242 e. The van der Waals surface area contributed by atoms with E-state index in [0.717, 1.165) is 17.1 Å². The number of hydrogen-bond acceptors (Lipinski definition) is 2. The van der Waals surface area contributed by atoms with Crippen LogP contribution in [-0.2, 0) is 0 Å². The Kier molecular flexibility index (Phi) is 3.43. The average molecular weight is 220 g/mol. The van der Waals surface area contributed by atoms with Crippen LogP contribution >= 0.6 is 0 Å². The van der Waals surface area contributed by atoms with Crippen LogP contribution < -0.4 is 9.16 Å². The number of ether oxygens (including phenoxy) is 1. The van der Waals surface area contributed by atoms with E-state index in [9.17, 15) is 0 Å². The fourth-order valence-electron chi connectivity index (χ4n) is 1.18. The Balaban J connectivity index is 3.08. The highest BCUT2D eigenvalue weighted by Gasteiger charge is 2.18. The molecule has 0 aromatic heterocycles. The summed E-state index contributed by atoms with van der Waals surface area (Å²) in [6.45, 7) is 6.36. The minimum absolute atomic E-state index is 0.733. The van der Waals surface area contributed by atoms with E-state index < -0.39 is 8.32 Å². The Hall–Kier alpha value is -1.40. The van der Waals surface area contributed by atoms with Gasteiger partial charge < -0.3 is 9.16 Å². The monoisotopic (exact) mass is 220 g/mol. The molecule has 80 valence electrons. The van der Waals surface area contributed by atoms with Crippen molar-refractivity contribution in [1.29, 1.82) is 0 Å². The molecule has 0 N–H and O–H groups in total. The molecule has 0 heterocycles. The number of methoxy groups -OCH3 is 1. The van der Waals surface area contributed by atoms with Gasteiger partial charge in [-0.3, -0.25) is 0 Å². The van der Waals surface area contributed by atoms with Gasteiger partial charge in [0.05, 0.1) is 7.11 Å². The van der Waals surface area contributed by atoms with Gasteiger partial charge in [0.25, 0.3) is 0 Å². The van der Waals surface area contributed by atoms with Gasteiger partial charge in [0.15, 0.2) is 5.75 Å². The largest absolute Gasteiger partial charge is 0.542 e. The third-order valence-electron chi connectivity index (χ3n) is 1.75. The molecule has 2 nitrogen and oxygen atoms in total. The van der Waals surface area contributed by atoms with Gasteiger partial charge in [0.1, 0.15) is 5.75 Å². The predicted octanol–water partition coefficient (Wildman–Crippen LogP) is 2.89. The molecular weight excluding hydrogens is 204 g/mol. The molecular formula is C12H16O2Si. The maximum absolute atomic E-state index is 5.88. The number of hydrogen-bond donors (Lipinski definition) is 0. The van der Waals surface area contributed by atoms with Crippen molar-refractivity contribution in [2.24, 2.45) is 0 Å². The van der Waals surface area contributed by atoms with Crippen molar-refractivity contribution < 1.29 is 9.16 Å². The van der Waals surface area contributed by atoms with Gasteiger partial charge >= 0.3 is 0 Å². The van der Waals surface area contributed by atoms with E-state index in [2.05, 4.69) is 25.6 Å². The van der Waals surface area contributed by atoms with E-state index in [1.807, 2.05) is 18.2 Å². The van der Waals surface area contributed by atoms with E-state index >= 15 is 0 Å². The van der Waals surface area contributed by atoms with Crippen LogP contribution in [-0.4, -0.2) is 15.4 Å². The molecule has 0 fully saturated rings. The summed E-state index contributed by atoms with van der Waals surface area (Å²) in [6, 6.07) is 5.53. The molecule has 0 spiro atoms. The van der Waals surface area contributed by atoms with Crippen LogP contribution in [0.4, 0.5) is 0 Å². The van der Waals surface area contributed by atoms with Crippen LogP contribution in [0.15, 0.2) is 18.2 Å². The zero-order valence-corrected chi connectivity index (χ0v) is 10.6. The summed E-state index contributed by atoms with van der Waals surface area (Å²) >= 11 is 0. The molecule has 0 aliphatic carbocycles. The number of terminal acetylenes is 1. The summed E-state index contributed by atoms with van der Waals surface area (Å²) in [7, 11) is -0.00303. The molecule has 1 rings (SSSR count). The quantitative estimate of drug-likeness (QED) is 0.576. The van der Waals surface area contributed by atoms with Crippen molar-refractivity contribution in [2.45, 2.75) is 19.6 Å². The predicted molar refractivity (Wildman–Crippen MR) is 64.9 cm³/mol. The van der Waals surface area contributed by atoms with Gasteiger partial charge in [-0.1, -0.05) is 5.92 Å². The zero-order chi connectivity index (χ0) is 11.5. The van der Waals surface area contributed by atoms with Crippen molar-refractivity contribution in [2.75, 3.05) is 7.11 Å². The fraction of sp³-hybridized carbons (Fsp3) is 0.333. The third kappa shape index (κ3) is 3.33. The van der Waals surface area contributed by atoms with Crippen LogP contribution in [0, 0.1) is 12.3 Å². The first-order valence-electron chi connectivity index (χ1n) is 4.80. The zero-order valence-electron chi connectivity index (χ0n) is 9.63. The second-order valence-corrected chi connectivity index (χ2v) is 8.65. The van der Waals surface area contributed by atoms with Gasteiger partial charge in [-0.25, -0.2) is 0 Å². The molecule has 0 saturated heterocycles. The molecule has 0 bridgehead atoms. The highest BCUT2D eigenvalue weighted by molar-refractivity contribution is 6.70. The summed E-state index contributed by atoms with van der Waals surface area (Å²) < 4.78 is 11.1. The molecule has 3 heteroatoms. The Morgan fingerprint density at radius 2 is 1.87 bits per heavy atom. The molecule has 0 atom stereocenters. The van der Waals surface area contributed by atoms with E-state index in [-0.39, 0.29) is 0 Å². The van der Waals surface area contributed by atoms with Crippen molar-refractivity contribution in [1.82, 2.24) is 0 Å². The Morgan fingerprint density at radius 1 is 1.20 bits per heavy atom. The maximum atomic E-state index is 5.88. The SMILES string of the molecule is C#Cc1ccc(OC)c(O[Si](C)(C)C)c1. The Labute approximate surface area is 92.4 Å². The van der Waals surface area contributed by atoms with Crippen molar-refractivity contribution >= 4 is 8.32 Å². The van der Waals surface area contributed by atoms with Crippen LogP contribution in [0.1, 0.15) is 5.56 Å². The second-order valence-electron chi connectivity index (χ2n) is 4.22. The molecule has 0 amide bonds. The Bertz CT molecular complexity index is 386. The normalized spacial score (nSPS) is 10.6. The van der Waals surface area contributed by atoms with E-state index in [0.29, 0.717) is 0 Å². The minimum atomic E-state index is -1.63. The lowest BCUT2D eigenvalue weighted by atomic mass is 10.2. The van der Waals surface area contributed by atoms with Gasteiger partial charge in [0, 0.05) is 5.56 Å². The van der Waals surface area contributed by atoms with Gasteiger partial charge in [-0.15, -0.1) is 6.42 Å². The lowest BCUT2D eigenvalue weighted by molar-refractivity contribution is 0.392. The molecule has 15 heavy (non-hydrogen) atoms. The highest BCUT2D eigenvalue weighted by Crippen LogP contribution is 2.29.